The van der Waals surface area contributed by atoms with E-state index in [0.29, 0.717) is 5.92 Å². The van der Waals surface area contributed by atoms with Crippen LogP contribution >= 0.6 is 0 Å². The molecule has 0 heteroatoms. The van der Waals surface area contributed by atoms with Crippen molar-refractivity contribution < 1.29 is 0 Å². The van der Waals surface area contributed by atoms with Gasteiger partial charge in [-0.3, -0.25) is 0 Å². The number of hydrogen-bond donors (Lipinski definition) is 0. The molecule has 0 fully saturated rings. The van der Waals surface area contributed by atoms with Gasteiger partial charge in [-0.1, -0.05) is 70.9 Å². The normalized spacial score (nSPS) is 20.6. The second-order valence-corrected chi connectivity index (χ2v) is 6.12. The minimum absolute atomic E-state index is 0.339. The molecule has 0 heterocycles. The molecule has 0 amide bonds. The van der Waals surface area contributed by atoms with Crippen LogP contribution in [0.25, 0.3) is 0 Å². The highest BCUT2D eigenvalue weighted by Crippen LogP contribution is 2.29. The van der Waals surface area contributed by atoms with E-state index in [1.54, 1.807) is 0 Å². The fourth-order valence-corrected chi connectivity index (χ4v) is 2.60. The van der Waals surface area contributed by atoms with Crippen LogP contribution in [0.1, 0.15) is 82.1 Å². The van der Waals surface area contributed by atoms with Crippen LogP contribution < -0.4 is 0 Å². The van der Waals surface area contributed by atoms with Crippen molar-refractivity contribution in [3.8, 4) is 0 Å². The van der Waals surface area contributed by atoms with Gasteiger partial charge in [0.1, 0.15) is 0 Å². The van der Waals surface area contributed by atoms with Crippen LogP contribution in [0.15, 0.2) is 77.1 Å². The number of rotatable bonds is 3. The fraction of sp³-hybridized carbons (Fsp3) is 0.500. The minimum atomic E-state index is 0.339. The van der Waals surface area contributed by atoms with Gasteiger partial charge in [-0.2, -0.15) is 0 Å². The van der Waals surface area contributed by atoms with E-state index >= 15 is 0 Å². The molecule has 0 aromatic carbocycles. The lowest BCUT2D eigenvalue weighted by Gasteiger charge is -2.19. The summed E-state index contributed by atoms with van der Waals surface area (Å²) in [5.74, 6) is 0.339. The van der Waals surface area contributed by atoms with Crippen molar-refractivity contribution in [2.24, 2.45) is 5.92 Å². The Balaban J connectivity index is -0.000000663. The van der Waals surface area contributed by atoms with Crippen molar-refractivity contribution in [3.63, 3.8) is 0 Å². The molecular weight excluding hydrogens is 312 g/mol. The lowest BCUT2D eigenvalue weighted by Crippen LogP contribution is -2.05. The molecule has 0 aliphatic heterocycles. The van der Waals surface area contributed by atoms with Crippen molar-refractivity contribution in [2.45, 2.75) is 82.1 Å². The molecule has 0 aromatic heterocycles. The van der Waals surface area contributed by atoms with E-state index in [2.05, 4.69) is 93.0 Å². The summed E-state index contributed by atoms with van der Waals surface area (Å²) in [5, 5.41) is 0. The van der Waals surface area contributed by atoms with Crippen molar-refractivity contribution in [1.82, 2.24) is 0 Å². The molecule has 1 rings (SSSR count). The molecule has 0 saturated carbocycles. The Bertz CT molecular complexity index is 555. The van der Waals surface area contributed by atoms with Crippen LogP contribution in [-0.2, 0) is 0 Å². The zero-order chi connectivity index (χ0) is 21.3. The first kappa shape index (κ1) is 29.0. The van der Waals surface area contributed by atoms with Gasteiger partial charge >= 0.3 is 0 Å². The van der Waals surface area contributed by atoms with Gasteiger partial charge in [0.25, 0.3) is 0 Å². The molecule has 0 N–H and O–H groups in total. The van der Waals surface area contributed by atoms with Crippen molar-refractivity contribution in [3.05, 3.63) is 77.1 Å². The molecule has 1 aliphatic carbocycles. The third-order valence-corrected chi connectivity index (χ3v) is 3.93. The van der Waals surface area contributed by atoms with Gasteiger partial charge in [0, 0.05) is 5.92 Å². The van der Waals surface area contributed by atoms with E-state index < -0.39 is 0 Å². The third-order valence-electron chi connectivity index (χ3n) is 3.93. The number of allylic oxidation sites excluding steroid dienone is 8. The Kier molecular flexibility index (Phi) is 20.1. The molecule has 148 valence electrons. The highest BCUT2D eigenvalue weighted by Gasteiger charge is 2.14. The van der Waals surface area contributed by atoms with Crippen LogP contribution in [0, 0.1) is 5.92 Å². The van der Waals surface area contributed by atoms with E-state index in [9.17, 15) is 0 Å². The highest BCUT2D eigenvalue weighted by molar-refractivity contribution is 5.42. The molecule has 0 spiro atoms. The minimum Gasteiger partial charge on any atom is -0.118 e. The predicted octanol–water partition coefficient (Wildman–Crippen LogP) is 9.16. The Hall–Kier alpha value is -1.78. The Morgan fingerprint density at radius 1 is 1.04 bits per heavy atom. The predicted molar refractivity (Wildman–Crippen MR) is 125 cm³/mol. The third kappa shape index (κ3) is 11.0. The zero-order valence-electron chi connectivity index (χ0n) is 19.3. The highest BCUT2D eigenvalue weighted by atomic mass is 14.2. The molecule has 0 saturated heterocycles. The van der Waals surface area contributed by atoms with Crippen LogP contribution in [-0.4, -0.2) is 0 Å². The maximum absolute atomic E-state index is 3.94. The van der Waals surface area contributed by atoms with Crippen LogP contribution in [0.3, 0.4) is 0 Å². The smallest absolute Gasteiger partial charge is 0.0269 e. The average molecular weight is 357 g/mol. The first-order valence-electron chi connectivity index (χ1n) is 9.95. The summed E-state index contributed by atoms with van der Waals surface area (Å²) in [5.41, 5.74) is 11.4. The van der Waals surface area contributed by atoms with Gasteiger partial charge in [-0.05, 0) is 69.4 Å². The summed E-state index contributed by atoms with van der Waals surface area (Å²) < 4.78 is 0. The van der Waals surface area contributed by atoms with Gasteiger partial charge in [-0.25, -0.2) is 0 Å². The van der Waals surface area contributed by atoms with E-state index in [4.69, 9.17) is 0 Å². The molecule has 0 aromatic rings. The molecule has 0 radical (unpaired) electrons. The SMILES string of the molecule is C=C.C=C/C(CC)=C(\C)C1/C=C(C)/C(C)=C\C(C)=C=C1C.CC.CCC. The molecule has 0 bridgehead atoms. The standard InChI is InChI=1S/C19H26.C3H8.C2H6.C2H4/c1-8-18(9-2)17(7)19-12-15(5)14(4)10-13(3)11-16(19)6;1-3-2;2*1-2/h8,10,12,19H,1,9H2,2-7H3;3H2,1-2H3;1-2H3;1-2H2/b14-10-,15-12+,18-17-;;;. The van der Waals surface area contributed by atoms with E-state index in [-0.39, 0.29) is 0 Å². The monoisotopic (exact) mass is 356 g/mol. The van der Waals surface area contributed by atoms with E-state index in [0.717, 1.165) is 6.42 Å². The van der Waals surface area contributed by atoms with Gasteiger partial charge in [0.05, 0.1) is 0 Å². The summed E-state index contributed by atoms with van der Waals surface area (Å²) >= 11 is 0. The van der Waals surface area contributed by atoms with Gasteiger partial charge in [-0.15, -0.1) is 18.9 Å². The summed E-state index contributed by atoms with van der Waals surface area (Å²) in [4.78, 5) is 0. The van der Waals surface area contributed by atoms with Crippen LogP contribution in [0.2, 0.25) is 0 Å². The lowest BCUT2D eigenvalue weighted by atomic mass is 9.85. The summed E-state index contributed by atoms with van der Waals surface area (Å²) in [6, 6.07) is 0. The molecule has 1 unspecified atom stereocenters. The first-order chi connectivity index (χ1) is 12.3. The summed E-state index contributed by atoms with van der Waals surface area (Å²) in [6.45, 7) is 31.2. The van der Waals surface area contributed by atoms with Gasteiger partial charge < -0.3 is 0 Å². The summed E-state index contributed by atoms with van der Waals surface area (Å²) in [7, 11) is 0. The lowest BCUT2D eigenvalue weighted by molar-refractivity contribution is 0.856. The maximum atomic E-state index is 3.94. The molecule has 1 atom stereocenters. The Labute approximate surface area is 165 Å². The van der Waals surface area contributed by atoms with Crippen molar-refractivity contribution >= 4 is 0 Å². The Morgan fingerprint density at radius 2 is 1.50 bits per heavy atom. The van der Waals surface area contributed by atoms with Crippen molar-refractivity contribution in [2.75, 3.05) is 0 Å². The molecule has 26 heavy (non-hydrogen) atoms. The zero-order valence-corrected chi connectivity index (χ0v) is 19.3. The van der Waals surface area contributed by atoms with Crippen LogP contribution in [0.5, 0.6) is 0 Å². The molecule has 0 nitrogen and oxygen atoms in total. The van der Waals surface area contributed by atoms with E-state index in [1.165, 1.54) is 39.9 Å². The van der Waals surface area contributed by atoms with Gasteiger partial charge in [0.15, 0.2) is 0 Å². The quantitative estimate of drug-likeness (QED) is 0.268. The molecular formula is C26H44. The second kappa shape index (κ2) is 18.0. The van der Waals surface area contributed by atoms with Gasteiger partial charge in [0.2, 0.25) is 0 Å². The van der Waals surface area contributed by atoms with Crippen molar-refractivity contribution in [1.29, 1.82) is 0 Å². The first-order valence-corrected chi connectivity index (χ1v) is 9.95. The average Bonchev–Trinajstić information content (AvgIpc) is 2.63. The molecule has 1 aliphatic rings. The Morgan fingerprint density at radius 3 is 1.88 bits per heavy atom. The topological polar surface area (TPSA) is 0 Å². The summed E-state index contributed by atoms with van der Waals surface area (Å²) in [6.07, 6.45) is 8.83. The second-order valence-electron chi connectivity index (χ2n) is 6.12. The fourth-order valence-electron chi connectivity index (χ4n) is 2.60. The maximum Gasteiger partial charge on any atom is 0.0269 e. The largest absolute Gasteiger partial charge is 0.118 e. The van der Waals surface area contributed by atoms with Crippen LogP contribution in [0.4, 0.5) is 0 Å². The van der Waals surface area contributed by atoms with E-state index in [1.807, 2.05) is 19.9 Å². The number of hydrogen-bond acceptors (Lipinski definition) is 0.